The van der Waals surface area contributed by atoms with E-state index in [0.717, 1.165) is 16.9 Å². The molecule has 0 radical (unpaired) electrons. The van der Waals surface area contributed by atoms with Crippen LogP contribution in [0.4, 0.5) is 0 Å². The van der Waals surface area contributed by atoms with Crippen LogP contribution >= 0.6 is 0 Å². The van der Waals surface area contributed by atoms with Crippen LogP contribution in [-0.2, 0) is 9.47 Å². The van der Waals surface area contributed by atoms with Crippen LogP contribution in [-0.4, -0.2) is 33.5 Å². The van der Waals surface area contributed by atoms with E-state index in [4.69, 9.17) is 19.9 Å². The van der Waals surface area contributed by atoms with Gasteiger partial charge < -0.3 is 19.9 Å². The highest BCUT2D eigenvalue weighted by molar-refractivity contribution is 5.37. The molecule has 102 valence electrons. The fourth-order valence-corrected chi connectivity index (χ4v) is 1.57. The summed E-state index contributed by atoms with van der Waals surface area (Å²) in [6.07, 6.45) is 0. The van der Waals surface area contributed by atoms with Crippen LogP contribution in [0.3, 0.4) is 0 Å². The number of nitrogens with two attached hydrogens (primary N) is 1. The maximum atomic E-state index is 5.83. The van der Waals surface area contributed by atoms with Crippen molar-refractivity contribution < 1.29 is 14.2 Å². The SMILES string of the molecule is COCCOCCOc1ccc([C@H](C)N)cc1C. The molecule has 0 amide bonds. The van der Waals surface area contributed by atoms with Crippen molar-refractivity contribution in [1.82, 2.24) is 0 Å². The minimum absolute atomic E-state index is 0.0510. The molecule has 1 rings (SSSR count). The van der Waals surface area contributed by atoms with Crippen molar-refractivity contribution in [3.05, 3.63) is 29.3 Å². The van der Waals surface area contributed by atoms with Crippen molar-refractivity contribution in [2.75, 3.05) is 33.5 Å². The Morgan fingerprint density at radius 3 is 2.50 bits per heavy atom. The summed E-state index contributed by atoms with van der Waals surface area (Å²) in [5, 5.41) is 0. The Kier molecular flexibility index (Phi) is 6.72. The van der Waals surface area contributed by atoms with Crippen LogP contribution in [0.1, 0.15) is 24.1 Å². The molecule has 0 aliphatic heterocycles. The van der Waals surface area contributed by atoms with E-state index in [-0.39, 0.29) is 6.04 Å². The summed E-state index contributed by atoms with van der Waals surface area (Å²) >= 11 is 0. The van der Waals surface area contributed by atoms with Gasteiger partial charge in [0, 0.05) is 13.2 Å². The lowest BCUT2D eigenvalue weighted by Gasteiger charge is -2.12. The molecule has 4 nitrogen and oxygen atoms in total. The smallest absolute Gasteiger partial charge is 0.122 e. The molecule has 0 bridgehead atoms. The van der Waals surface area contributed by atoms with Crippen LogP contribution < -0.4 is 10.5 Å². The Labute approximate surface area is 109 Å². The molecule has 0 aromatic heterocycles. The number of methoxy groups -OCH3 is 1. The molecule has 0 saturated heterocycles. The molecule has 0 heterocycles. The van der Waals surface area contributed by atoms with Crippen LogP contribution in [0.5, 0.6) is 5.75 Å². The lowest BCUT2D eigenvalue weighted by atomic mass is 10.1. The average molecular weight is 253 g/mol. The lowest BCUT2D eigenvalue weighted by Crippen LogP contribution is -2.11. The van der Waals surface area contributed by atoms with Crippen molar-refractivity contribution in [2.24, 2.45) is 5.73 Å². The van der Waals surface area contributed by atoms with Gasteiger partial charge in [-0.2, -0.15) is 0 Å². The molecule has 1 aromatic rings. The predicted octanol–water partition coefficient (Wildman–Crippen LogP) is 2.06. The molecular weight excluding hydrogens is 230 g/mol. The molecule has 0 unspecified atom stereocenters. The second-order valence-electron chi connectivity index (χ2n) is 4.27. The largest absolute Gasteiger partial charge is 0.491 e. The number of hydrogen-bond donors (Lipinski definition) is 1. The fraction of sp³-hybridized carbons (Fsp3) is 0.571. The number of aryl methyl sites for hydroxylation is 1. The normalized spacial score (nSPS) is 12.4. The van der Waals surface area contributed by atoms with E-state index in [1.165, 1.54) is 0 Å². The van der Waals surface area contributed by atoms with E-state index in [9.17, 15) is 0 Å². The Morgan fingerprint density at radius 2 is 1.89 bits per heavy atom. The van der Waals surface area contributed by atoms with Gasteiger partial charge in [-0.25, -0.2) is 0 Å². The molecular formula is C14H23NO3. The zero-order valence-corrected chi connectivity index (χ0v) is 11.4. The van der Waals surface area contributed by atoms with Crippen molar-refractivity contribution in [1.29, 1.82) is 0 Å². The van der Waals surface area contributed by atoms with Crippen LogP contribution in [0.25, 0.3) is 0 Å². The van der Waals surface area contributed by atoms with E-state index in [1.54, 1.807) is 7.11 Å². The first-order chi connectivity index (χ1) is 8.65. The summed E-state index contributed by atoms with van der Waals surface area (Å²) in [7, 11) is 1.66. The molecule has 4 heteroatoms. The molecule has 1 aromatic carbocycles. The van der Waals surface area contributed by atoms with Crippen molar-refractivity contribution in [3.8, 4) is 5.75 Å². The summed E-state index contributed by atoms with van der Waals surface area (Å²) < 4.78 is 15.9. The Hall–Kier alpha value is -1.10. The van der Waals surface area contributed by atoms with Crippen LogP contribution in [0.15, 0.2) is 18.2 Å². The summed E-state index contributed by atoms with van der Waals surface area (Å²) in [4.78, 5) is 0. The molecule has 0 saturated carbocycles. The second kappa shape index (κ2) is 8.08. The van der Waals surface area contributed by atoms with Crippen molar-refractivity contribution in [3.63, 3.8) is 0 Å². The van der Waals surface area contributed by atoms with Gasteiger partial charge in [-0.1, -0.05) is 12.1 Å². The second-order valence-corrected chi connectivity index (χ2v) is 4.27. The van der Waals surface area contributed by atoms with Gasteiger partial charge in [-0.3, -0.25) is 0 Å². The minimum Gasteiger partial charge on any atom is -0.491 e. The Bertz CT molecular complexity index is 353. The number of rotatable bonds is 8. The molecule has 0 fully saturated rings. The first-order valence-corrected chi connectivity index (χ1v) is 6.20. The van der Waals surface area contributed by atoms with E-state index in [2.05, 4.69) is 6.07 Å². The standard InChI is InChI=1S/C14H23NO3/c1-11-10-13(12(2)15)4-5-14(11)18-9-8-17-7-6-16-3/h4-5,10,12H,6-9,15H2,1-3H3/t12-/m0/s1. The van der Waals surface area contributed by atoms with Crippen LogP contribution in [0, 0.1) is 6.92 Å². The Morgan fingerprint density at radius 1 is 1.17 bits per heavy atom. The third-order valence-electron chi connectivity index (χ3n) is 2.64. The highest BCUT2D eigenvalue weighted by atomic mass is 16.5. The van der Waals surface area contributed by atoms with Gasteiger partial charge in [0.15, 0.2) is 0 Å². The predicted molar refractivity (Wildman–Crippen MR) is 72.0 cm³/mol. The first-order valence-electron chi connectivity index (χ1n) is 6.20. The topological polar surface area (TPSA) is 53.7 Å². The average Bonchev–Trinajstić information content (AvgIpc) is 2.35. The minimum atomic E-state index is 0.0510. The number of ether oxygens (including phenoxy) is 3. The van der Waals surface area contributed by atoms with E-state index < -0.39 is 0 Å². The third kappa shape index (κ3) is 5.04. The zero-order chi connectivity index (χ0) is 13.4. The van der Waals surface area contributed by atoms with Gasteiger partial charge in [0.25, 0.3) is 0 Å². The first kappa shape index (κ1) is 15.0. The van der Waals surface area contributed by atoms with E-state index >= 15 is 0 Å². The number of hydrogen-bond acceptors (Lipinski definition) is 4. The maximum Gasteiger partial charge on any atom is 0.122 e. The number of benzene rings is 1. The zero-order valence-electron chi connectivity index (χ0n) is 11.4. The van der Waals surface area contributed by atoms with E-state index in [1.807, 2.05) is 26.0 Å². The summed E-state index contributed by atoms with van der Waals surface area (Å²) in [5.41, 5.74) is 8.05. The van der Waals surface area contributed by atoms with Gasteiger partial charge in [0.2, 0.25) is 0 Å². The summed E-state index contributed by atoms with van der Waals surface area (Å²) in [6, 6.07) is 6.07. The van der Waals surface area contributed by atoms with Gasteiger partial charge in [-0.05, 0) is 31.0 Å². The molecule has 18 heavy (non-hydrogen) atoms. The summed E-state index contributed by atoms with van der Waals surface area (Å²) in [5.74, 6) is 0.884. The van der Waals surface area contributed by atoms with Crippen molar-refractivity contribution in [2.45, 2.75) is 19.9 Å². The lowest BCUT2D eigenvalue weighted by molar-refractivity contribution is 0.0543. The van der Waals surface area contributed by atoms with Crippen LogP contribution in [0.2, 0.25) is 0 Å². The van der Waals surface area contributed by atoms with Gasteiger partial charge in [-0.15, -0.1) is 0 Å². The molecule has 0 aliphatic rings. The van der Waals surface area contributed by atoms with Gasteiger partial charge in [0.1, 0.15) is 12.4 Å². The maximum absolute atomic E-state index is 5.83. The van der Waals surface area contributed by atoms with Gasteiger partial charge in [0.05, 0.1) is 19.8 Å². The third-order valence-corrected chi connectivity index (χ3v) is 2.64. The highest BCUT2D eigenvalue weighted by Crippen LogP contribution is 2.21. The van der Waals surface area contributed by atoms with E-state index in [0.29, 0.717) is 26.4 Å². The fourth-order valence-electron chi connectivity index (χ4n) is 1.57. The summed E-state index contributed by atoms with van der Waals surface area (Å²) in [6.45, 7) is 6.32. The molecule has 2 N–H and O–H groups in total. The van der Waals surface area contributed by atoms with Crippen molar-refractivity contribution >= 4 is 0 Å². The molecule has 0 aliphatic carbocycles. The molecule has 1 atom stereocenters. The quantitative estimate of drug-likeness (QED) is 0.720. The molecule has 0 spiro atoms. The Balaban J connectivity index is 2.34. The van der Waals surface area contributed by atoms with Gasteiger partial charge >= 0.3 is 0 Å². The monoisotopic (exact) mass is 253 g/mol. The highest BCUT2D eigenvalue weighted by Gasteiger charge is 2.04.